The van der Waals surface area contributed by atoms with Crippen molar-refractivity contribution in [2.45, 2.75) is 66.5 Å². The number of halogens is 1. The molecule has 6 nitrogen and oxygen atoms in total. The molecule has 172 valence electrons. The van der Waals surface area contributed by atoms with E-state index in [9.17, 15) is 0 Å². The Balaban J connectivity index is 0.00000420. The molecule has 2 rings (SSSR count). The van der Waals surface area contributed by atoms with Crippen LogP contribution in [0.2, 0.25) is 0 Å². The third-order valence-corrected chi connectivity index (χ3v) is 6.17. The highest BCUT2D eigenvalue weighted by Crippen LogP contribution is 2.33. The summed E-state index contributed by atoms with van der Waals surface area (Å²) in [7, 11) is 0. The monoisotopic (exact) mass is 523 g/mol. The highest BCUT2D eigenvalue weighted by atomic mass is 127. The van der Waals surface area contributed by atoms with Gasteiger partial charge in [0.25, 0.3) is 0 Å². The van der Waals surface area contributed by atoms with Gasteiger partial charge in [0.1, 0.15) is 0 Å². The number of piperazine rings is 1. The van der Waals surface area contributed by atoms with Gasteiger partial charge in [-0.25, -0.2) is 0 Å². The lowest BCUT2D eigenvalue weighted by Crippen LogP contribution is -2.50. The minimum Gasteiger partial charge on any atom is -0.377 e. The van der Waals surface area contributed by atoms with Crippen LogP contribution in [-0.4, -0.2) is 86.9 Å². The lowest BCUT2D eigenvalue weighted by molar-refractivity contribution is -0.0835. The summed E-state index contributed by atoms with van der Waals surface area (Å²) < 4.78 is 6.13. The van der Waals surface area contributed by atoms with E-state index in [1.54, 1.807) is 0 Å². The summed E-state index contributed by atoms with van der Waals surface area (Å²) in [6.07, 6.45) is 2.70. The van der Waals surface area contributed by atoms with Crippen LogP contribution < -0.4 is 10.6 Å². The Bertz CT molecular complexity index is 474. The lowest BCUT2D eigenvalue weighted by Gasteiger charge is -2.40. The second kappa shape index (κ2) is 13.3. The zero-order chi connectivity index (χ0) is 20.6. The lowest BCUT2D eigenvalue weighted by atomic mass is 9.78. The maximum Gasteiger partial charge on any atom is 0.191 e. The molecule has 0 aromatic carbocycles. The smallest absolute Gasteiger partial charge is 0.191 e. The quantitative estimate of drug-likeness (QED) is 0.305. The number of likely N-dealkylation sites (N-methyl/N-ethyl adjacent to an activating group) is 1. The number of nitrogens with one attached hydrogen (secondary N) is 2. The van der Waals surface area contributed by atoms with Gasteiger partial charge in [0.05, 0.1) is 12.6 Å². The van der Waals surface area contributed by atoms with Gasteiger partial charge in [-0.2, -0.15) is 0 Å². The van der Waals surface area contributed by atoms with Crippen molar-refractivity contribution in [1.82, 2.24) is 20.4 Å². The highest BCUT2D eigenvalue weighted by molar-refractivity contribution is 14.0. The molecule has 0 aromatic heterocycles. The Labute approximate surface area is 196 Å². The van der Waals surface area contributed by atoms with Crippen molar-refractivity contribution < 1.29 is 4.74 Å². The fourth-order valence-corrected chi connectivity index (χ4v) is 4.44. The van der Waals surface area contributed by atoms with E-state index in [1.807, 2.05) is 0 Å². The first-order valence-corrected chi connectivity index (χ1v) is 11.4. The van der Waals surface area contributed by atoms with Gasteiger partial charge in [0, 0.05) is 57.8 Å². The van der Waals surface area contributed by atoms with Gasteiger partial charge in [0.15, 0.2) is 5.96 Å². The molecule has 0 bridgehead atoms. The van der Waals surface area contributed by atoms with Gasteiger partial charge in [0.2, 0.25) is 0 Å². The first-order chi connectivity index (χ1) is 13.3. The topological polar surface area (TPSA) is 52.1 Å². The SMILES string of the molecule is CCNC(=NCC(C)N1CCN(CC)CC1)NCC1CCCOC1C(C)(C)C.I. The van der Waals surface area contributed by atoms with Crippen LogP contribution in [0.1, 0.15) is 54.4 Å². The van der Waals surface area contributed by atoms with Crippen molar-refractivity contribution in [3.63, 3.8) is 0 Å². The van der Waals surface area contributed by atoms with Crippen molar-refractivity contribution in [1.29, 1.82) is 0 Å². The van der Waals surface area contributed by atoms with Crippen molar-refractivity contribution in [3.8, 4) is 0 Å². The van der Waals surface area contributed by atoms with Gasteiger partial charge in [-0.05, 0) is 38.6 Å². The Morgan fingerprint density at radius 2 is 1.83 bits per heavy atom. The van der Waals surface area contributed by atoms with E-state index in [-0.39, 0.29) is 29.4 Å². The number of ether oxygens (including phenoxy) is 1. The summed E-state index contributed by atoms with van der Waals surface area (Å²) in [5.74, 6) is 1.48. The molecule has 0 spiro atoms. The second-order valence-electron chi connectivity index (χ2n) is 9.48. The molecule has 0 amide bonds. The Morgan fingerprint density at radius 1 is 1.14 bits per heavy atom. The fraction of sp³-hybridized carbons (Fsp3) is 0.955. The summed E-state index contributed by atoms with van der Waals surface area (Å²) in [6, 6.07) is 0.481. The van der Waals surface area contributed by atoms with E-state index in [1.165, 1.54) is 19.5 Å². The molecule has 2 fully saturated rings. The van der Waals surface area contributed by atoms with Crippen LogP contribution in [0.5, 0.6) is 0 Å². The standard InChI is InChI=1S/C22H45N5O.HI/c1-7-23-21(24-16-18(3)27-13-11-26(8-2)12-14-27)25-17-19-10-9-15-28-20(19)22(4,5)6;/h18-20H,7-17H2,1-6H3,(H2,23,24,25);1H. The summed E-state index contributed by atoms with van der Waals surface area (Å²) in [6.45, 7) is 22.9. The van der Waals surface area contributed by atoms with Crippen molar-refractivity contribution in [2.24, 2.45) is 16.3 Å². The maximum absolute atomic E-state index is 6.13. The van der Waals surface area contributed by atoms with E-state index >= 15 is 0 Å². The molecule has 2 heterocycles. The van der Waals surface area contributed by atoms with Crippen LogP contribution in [0.15, 0.2) is 4.99 Å². The van der Waals surface area contributed by atoms with Gasteiger partial charge < -0.3 is 20.3 Å². The molecule has 29 heavy (non-hydrogen) atoms. The van der Waals surface area contributed by atoms with E-state index < -0.39 is 0 Å². The Kier molecular flexibility index (Phi) is 12.4. The van der Waals surface area contributed by atoms with E-state index in [0.717, 1.165) is 58.3 Å². The van der Waals surface area contributed by atoms with E-state index in [0.29, 0.717) is 18.1 Å². The number of nitrogens with zero attached hydrogens (tertiary/aromatic N) is 3. The summed E-state index contributed by atoms with van der Waals surface area (Å²) in [5, 5.41) is 7.02. The van der Waals surface area contributed by atoms with E-state index in [4.69, 9.17) is 9.73 Å². The van der Waals surface area contributed by atoms with Gasteiger partial charge in [-0.1, -0.05) is 27.7 Å². The number of hydrogen-bond acceptors (Lipinski definition) is 4. The third-order valence-electron chi connectivity index (χ3n) is 6.17. The number of aliphatic imine (C=N–C) groups is 1. The number of hydrogen-bond donors (Lipinski definition) is 2. The summed E-state index contributed by atoms with van der Waals surface area (Å²) >= 11 is 0. The summed E-state index contributed by atoms with van der Waals surface area (Å²) in [5.41, 5.74) is 0.178. The van der Waals surface area contributed by atoms with Gasteiger partial charge in [-0.15, -0.1) is 24.0 Å². The maximum atomic E-state index is 6.13. The zero-order valence-corrected chi connectivity index (χ0v) is 22.0. The van der Waals surface area contributed by atoms with Crippen molar-refractivity contribution in [2.75, 3.05) is 59.0 Å². The molecular weight excluding hydrogens is 477 g/mol. The average molecular weight is 524 g/mol. The van der Waals surface area contributed by atoms with E-state index in [2.05, 4.69) is 62.0 Å². The molecule has 2 saturated heterocycles. The van der Waals surface area contributed by atoms with Crippen LogP contribution in [-0.2, 0) is 4.74 Å². The van der Waals surface area contributed by atoms with Crippen LogP contribution in [0, 0.1) is 11.3 Å². The van der Waals surface area contributed by atoms with Crippen molar-refractivity contribution >= 4 is 29.9 Å². The predicted octanol–water partition coefficient (Wildman–Crippen LogP) is 3.03. The van der Waals surface area contributed by atoms with Gasteiger partial charge >= 0.3 is 0 Å². The normalized spacial score (nSPS) is 25.9. The fourth-order valence-electron chi connectivity index (χ4n) is 4.44. The van der Waals surface area contributed by atoms with Gasteiger partial charge in [-0.3, -0.25) is 9.89 Å². The Hall–Kier alpha value is -0.120. The molecule has 3 atom stereocenters. The first kappa shape index (κ1) is 26.9. The van der Waals surface area contributed by atoms with Crippen molar-refractivity contribution in [3.05, 3.63) is 0 Å². The molecule has 3 unspecified atom stereocenters. The molecule has 0 aromatic rings. The summed E-state index contributed by atoms with van der Waals surface area (Å²) in [4.78, 5) is 9.99. The molecule has 2 aliphatic heterocycles. The molecule has 2 N–H and O–H groups in total. The molecule has 7 heteroatoms. The molecule has 0 aliphatic carbocycles. The first-order valence-electron chi connectivity index (χ1n) is 11.4. The average Bonchev–Trinajstić information content (AvgIpc) is 2.69. The predicted molar refractivity (Wildman–Crippen MR) is 134 cm³/mol. The molecule has 0 radical (unpaired) electrons. The number of rotatable bonds is 7. The largest absolute Gasteiger partial charge is 0.377 e. The van der Waals surface area contributed by atoms with Crippen LogP contribution in [0.25, 0.3) is 0 Å². The Morgan fingerprint density at radius 3 is 2.41 bits per heavy atom. The van der Waals surface area contributed by atoms with Crippen LogP contribution in [0.3, 0.4) is 0 Å². The molecule has 2 aliphatic rings. The highest BCUT2D eigenvalue weighted by Gasteiger charge is 2.35. The second-order valence-corrected chi connectivity index (χ2v) is 9.48. The van der Waals surface area contributed by atoms with Crippen LogP contribution >= 0.6 is 24.0 Å². The minimum absolute atomic E-state index is 0. The zero-order valence-electron chi connectivity index (χ0n) is 19.7. The molecule has 0 saturated carbocycles. The third kappa shape index (κ3) is 8.87. The number of guanidine groups is 1. The minimum atomic E-state index is 0. The molecular formula is C22H46IN5O. The van der Waals surface area contributed by atoms with Crippen LogP contribution in [0.4, 0.5) is 0 Å².